The number of rotatable bonds is 3. The zero-order chi connectivity index (χ0) is 17.3. The molecule has 0 unspecified atom stereocenters. The predicted octanol–water partition coefficient (Wildman–Crippen LogP) is 2.97. The van der Waals surface area contributed by atoms with Crippen LogP contribution >= 0.6 is 0 Å². The normalized spacial score (nSPS) is 24.3. The van der Waals surface area contributed by atoms with Gasteiger partial charge in [0.25, 0.3) is 0 Å². The second kappa shape index (κ2) is 6.49. The molecule has 130 valence electrons. The molecule has 6 heteroatoms. The molecule has 0 aliphatic carbocycles. The number of aliphatic hydroxyl groups is 1. The van der Waals surface area contributed by atoms with Gasteiger partial charge in [0.1, 0.15) is 5.60 Å². The Balaban J connectivity index is 2.74. The summed E-state index contributed by atoms with van der Waals surface area (Å²) >= 11 is 0. The molecule has 2 atom stereocenters. The molecule has 1 heterocycles. The van der Waals surface area contributed by atoms with E-state index in [1.165, 1.54) is 0 Å². The molecule has 0 spiro atoms. The van der Waals surface area contributed by atoms with Gasteiger partial charge in [0, 0.05) is 13.1 Å². The van der Waals surface area contributed by atoms with Crippen LogP contribution in [0.1, 0.15) is 47.5 Å². The largest absolute Gasteiger partial charge is 0.444 e. The summed E-state index contributed by atoms with van der Waals surface area (Å²) in [7, 11) is -2.29. The van der Waals surface area contributed by atoms with Crippen molar-refractivity contribution in [1.82, 2.24) is 4.90 Å². The van der Waals surface area contributed by atoms with E-state index in [0.29, 0.717) is 19.5 Å². The van der Waals surface area contributed by atoms with E-state index in [2.05, 4.69) is 13.8 Å². The molecule has 2 N–H and O–H groups in total. The predicted molar refractivity (Wildman–Crippen MR) is 90.3 cm³/mol. The Hall–Kier alpha value is -0.593. The van der Waals surface area contributed by atoms with Gasteiger partial charge < -0.3 is 19.5 Å². The summed E-state index contributed by atoms with van der Waals surface area (Å²) in [5.41, 5.74) is -0.533. The topological polar surface area (TPSA) is 70.0 Å². The van der Waals surface area contributed by atoms with Gasteiger partial charge in [0.2, 0.25) is 0 Å². The van der Waals surface area contributed by atoms with E-state index in [1.807, 2.05) is 33.9 Å². The summed E-state index contributed by atoms with van der Waals surface area (Å²) in [4.78, 5) is 24.3. The van der Waals surface area contributed by atoms with E-state index in [-0.39, 0.29) is 17.0 Å². The number of likely N-dealkylation sites (tertiary alicyclic amines) is 1. The lowest BCUT2D eigenvalue weighted by molar-refractivity contribution is -0.00951. The smallest absolute Gasteiger partial charge is 0.410 e. The SMILES string of the molecule is CC(C)(C)OC(=O)N1C[C@H](O)C[C@H](CC(C)(C)[Si](C)(C)O)C1. The number of nitrogens with zero attached hydrogens (tertiary/aromatic N) is 1. The van der Waals surface area contributed by atoms with Gasteiger partial charge >= 0.3 is 6.09 Å². The highest BCUT2D eigenvalue weighted by Gasteiger charge is 2.42. The van der Waals surface area contributed by atoms with Crippen LogP contribution < -0.4 is 0 Å². The van der Waals surface area contributed by atoms with Crippen LogP contribution in [0.15, 0.2) is 0 Å². The summed E-state index contributed by atoms with van der Waals surface area (Å²) < 4.78 is 5.41. The van der Waals surface area contributed by atoms with Crippen molar-refractivity contribution in [3.05, 3.63) is 0 Å². The fourth-order valence-corrected chi connectivity index (χ4v) is 3.56. The van der Waals surface area contributed by atoms with Crippen molar-refractivity contribution in [1.29, 1.82) is 0 Å². The fourth-order valence-electron chi connectivity index (χ4n) is 2.77. The van der Waals surface area contributed by atoms with Gasteiger partial charge in [0.05, 0.1) is 6.10 Å². The van der Waals surface area contributed by atoms with E-state index in [0.717, 1.165) is 6.42 Å². The molecule has 1 saturated heterocycles. The van der Waals surface area contributed by atoms with E-state index >= 15 is 0 Å². The van der Waals surface area contributed by atoms with Crippen molar-refractivity contribution < 1.29 is 19.4 Å². The summed E-state index contributed by atoms with van der Waals surface area (Å²) in [6.07, 6.45) is 0.590. The number of aliphatic hydroxyl groups excluding tert-OH is 1. The maximum Gasteiger partial charge on any atom is 0.410 e. The lowest BCUT2D eigenvalue weighted by Crippen LogP contribution is -2.49. The number of carbonyl (C=O) groups excluding carboxylic acids is 1. The molecule has 0 saturated carbocycles. The number of amides is 1. The lowest BCUT2D eigenvalue weighted by atomic mass is 9.88. The summed E-state index contributed by atoms with van der Waals surface area (Å²) in [5, 5.41) is 9.94. The Morgan fingerprint density at radius 3 is 2.23 bits per heavy atom. The molecule has 1 rings (SSSR count). The molecule has 0 aromatic carbocycles. The van der Waals surface area contributed by atoms with Crippen molar-refractivity contribution in [3.63, 3.8) is 0 Å². The molecule has 1 amide bonds. The molecule has 1 fully saturated rings. The summed E-state index contributed by atoms with van der Waals surface area (Å²) in [5.74, 6) is 0.185. The Kier molecular flexibility index (Phi) is 5.74. The molecular formula is C16H33NO4Si. The molecule has 5 nitrogen and oxygen atoms in total. The number of ether oxygens (including phenoxy) is 1. The minimum atomic E-state index is -2.29. The number of hydrogen-bond donors (Lipinski definition) is 2. The van der Waals surface area contributed by atoms with Crippen molar-refractivity contribution in [2.45, 2.75) is 77.3 Å². The molecule has 22 heavy (non-hydrogen) atoms. The first-order valence-corrected chi connectivity index (χ1v) is 11.0. The van der Waals surface area contributed by atoms with Crippen molar-refractivity contribution in [2.75, 3.05) is 13.1 Å². The zero-order valence-electron chi connectivity index (χ0n) is 15.1. The molecule has 0 aromatic rings. The fraction of sp³-hybridized carbons (Fsp3) is 0.938. The number of β-amino-alcohol motifs (C(OH)–C–C–N with tert-alkyl or cyclic N) is 1. The Labute approximate surface area is 135 Å². The van der Waals surface area contributed by atoms with E-state index in [1.54, 1.807) is 4.90 Å². The summed E-state index contributed by atoms with van der Waals surface area (Å²) in [6, 6.07) is 0. The lowest BCUT2D eigenvalue weighted by Gasteiger charge is -2.42. The Morgan fingerprint density at radius 2 is 1.77 bits per heavy atom. The first kappa shape index (κ1) is 19.5. The van der Waals surface area contributed by atoms with Gasteiger partial charge in [-0.3, -0.25) is 0 Å². The van der Waals surface area contributed by atoms with Crippen LogP contribution in [-0.2, 0) is 4.74 Å². The zero-order valence-corrected chi connectivity index (χ0v) is 16.1. The van der Waals surface area contributed by atoms with Gasteiger partial charge in [-0.1, -0.05) is 13.8 Å². The monoisotopic (exact) mass is 331 g/mol. The third kappa shape index (κ3) is 5.55. The quantitative estimate of drug-likeness (QED) is 0.780. The van der Waals surface area contributed by atoms with Crippen LogP contribution in [0.2, 0.25) is 18.1 Å². The van der Waals surface area contributed by atoms with Crippen LogP contribution in [0.5, 0.6) is 0 Å². The van der Waals surface area contributed by atoms with Crippen molar-refractivity contribution >= 4 is 14.4 Å². The summed E-state index contributed by atoms with van der Waals surface area (Å²) in [6.45, 7) is 14.5. The molecule has 1 aliphatic heterocycles. The van der Waals surface area contributed by atoms with Gasteiger partial charge in [0.15, 0.2) is 8.32 Å². The third-order valence-corrected chi connectivity index (χ3v) is 8.14. The van der Waals surface area contributed by atoms with Crippen LogP contribution in [0.4, 0.5) is 4.79 Å². The second-order valence-electron chi connectivity index (χ2n) is 8.79. The minimum absolute atomic E-state index is 0.158. The van der Waals surface area contributed by atoms with E-state index in [9.17, 15) is 14.7 Å². The first-order valence-electron chi connectivity index (χ1n) is 8.10. The van der Waals surface area contributed by atoms with Gasteiger partial charge in [-0.05, 0) is 57.7 Å². The van der Waals surface area contributed by atoms with Gasteiger partial charge in [-0.15, -0.1) is 0 Å². The molecule has 0 aromatic heterocycles. The highest BCUT2D eigenvalue weighted by atomic mass is 28.4. The average Bonchev–Trinajstić information content (AvgIpc) is 2.23. The molecule has 0 bridgehead atoms. The van der Waals surface area contributed by atoms with Crippen LogP contribution in [-0.4, -0.2) is 54.0 Å². The highest BCUT2D eigenvalue weighted by Crippen LogP contribution is 2.43. The van der Waals surface area contributed by atoms with Crippen LogP contribution in [0.25, 0.3) is 0 Å². The average molecular weight is 332 g/mol. The Bertz CT molecular complexity index is 398. The Morgan fingerprint density at radius 1 is 1.23 bits per heavy atom. The number of piperidine rings is 1. The first-order chi connectivity index (χ1) is 9.71. The van der Waals surface area contributed by atoms with E-state index in [4.69, 9.17) is 4.74 Å². The molecule has 0 radical (unpaired) electrons. The minimum Gasteiger partial charge on any atom is -0.444 e. The van der Waals surface area contributed by atoms with E-state index < -0.39 is 20.0 Å². The third-order valence-electron chi connectivity index (χ3n) is 4.62. The van der Waals surface area contributed by atoms with Crippen molar-refractivity contribution in [2.24, 2.45) is 5.92 Å². The molecular weight excluding hydrogens is 298 g/mol. The second-order valence-corrected chi connectivity index (χ2v) is 13.3. The van der Waals surface area contributed by atoms with Gasteiger partial charge in [-0.25, -0.2) is 4.79 Å². The number of hydrogen-bond acceptors (Lipinski definition) is 4. The van der Waals surface area contributed by atoms with Crippen LogP contribution in [0, 0.1) is 5.92 Å². The highest BCUT2D eigenvalue weighted by molar-refractivity contribution is 6.72. The van der Waals surface area contributed by atoms with Crippen molar-refractivity contribution in [3.8, 4) is 0 Å². The maximum absolute atomic E-state index is 12.2. The van der Waals surface area contributed by atoms with Gasteiger partial charge in [-0.2, -0.15) is 0 Å². The number of carbonyl (C=O) groups is 1. The standard InChI is InChI=1S/C16H33NO4Si/c1-15(2,3)21-14(19)17-10-12(8-13(18)11-17)9-16(4,5)22(6,7)20/h12-13,18,20H,8-11H2,1-7H3/t12-,13-/m1/s1. The maximum atomic E-state index is 12.2. The molecule has 1 aliphatic rings. The van der Waals surface area contributed by atoms with Crippen LogP contribution in [0.3, 0.4) is 0 Å².